The van der Waals surface area contributed by atoms with Gasteiger partial charge in [-0.05, 0) is 12.8 Å². The third-order valence-corrected chi connectivity index (χ3v) is 3.17. The summed E-state index contributed by atoms with van der Waals surface area (Å²) in [5.74, 6) is -2.49. The number of halogens is 3. The zero-order valence-electron chi connectivity index (χ0n) is 10.1. The Morgan fingerprint density at radius 2 is 2.20 bits per heavy atom. The highest BCUT2D eigenvalue weighted by Crippen LogP contribution is 2.34. The SMILES string of the molecule is C=CCCC(NC(=O)c1ncsc1C(F)(F)F)C(=O)O. The first-order valence-corrected chi connectivity index (χ1v) is 6.30. The van der Waals surface area contributed by atoms with E-state index in [1.807, 2.05) is 5.32 Å². The monoisotopic (exact) mass is 308 g/mol. The maximum Gasteiger partial charge on any atom is 0.427 e. The third kappa shape index (κ3) is 4.05. The highest BCUT2D eigenvalue weighted by molar-refractivity contribution is 7.10. The van der Waals surface area contributed by atoms with E-state index in [-0.39, 0.29) is 17.8 Å². The van der Waals surface area contributed by atoms with E-state index < -0.39 is 34.7 Å². The van der Waals surface area contributed by atoms with Crippen molar-refractivity contribution in [3.8, 4) is 0 Å². The van der Waals surface area contributed by atoms with Crippen LogP contribution in [0.3, 0.4) is 0 Å². The van der Waals surface area contributed by atoms with Crippen molar-refractivity contribution < 1.29 is 27.9 Å². The van der Waals surface area contributed by atoms with Gasteiger partial charge in [0.15, 0.2) is 5.69 Å². The molecule has 0 bridgehead atoms. The Bertz CT molecular complexity index is 513. The van der Waals surface area contributed by atoms with Gasteiger partial charge in [0.05, 0.1) is 5.51 Å². The fourth-order valence-corrected chi connectivity index (χ4v) is 2.03. The summed E-state index contributed by atoms with van der Waals surface area (Å²) in [7, 11) is 0. The van der Waals surface area contributed by atoms with Crippen molar-refractivity contribution in [3.63, 3.8) is 0 Å². The normalized spacial score (nSPS) is 12.8. The van der Waals surface area contributed by atoms with E-state index in [0.29, 0.717) is 6.42 Å². The Labute approximate surface area is 116 Å². The molecule has 1 unspecified atom stereocenters. The van der Waals surface area contributed by atoms with Crippen molar-refractivity contribution >= 4 is 23.2 Å². The van der Waals surface area contributed by atoms with Crippen LogP contribution in [-0.4, -0.2) is 28.0 Å². The van der Waals surface area contributed by atoms with Gasteiger partial charge in [-0.1, -0.05) is 6.08 Å². The van der Waals surface area contributed by atoms with Crippen molar-refractivity contribution in [1.29, 1.82) is 0 Å². The molecule has 20 heavy (non-hydrogen) atoms. The number of hydrogen-bond donors (Lipinski definition) is 2. The fourth-order valence-electron chi connectivity index (χ4n) is 1.38. The summed E-state index contributed by atoms with van der Waals surface area (Å²) in [6, 6.07) is -1.29. The van der Waals surface area contributed by atoms with E-state index >= 15 is 0 Å². The van der Waals surface area contributed by atoms with Gasteiger partial charge in [0.25, 0.3) is 5.91 Å². The molecule has 110 valence electrons. The molecule has 0 spiro atoms. The fraction of sp³-hybridized carbons (Fsp3) is 0.364. The molecule has 1 heterocycles. The molecule has 1 aromatic heterocycles. The van der Waals surface area contributed by atoms with Gasteiger partial charge in [-0.3, -0.25) is 4.79 Å². The van der Waals surface area contributed by atoms with Crippen molar-refractivity contribution in [2.45, 2.75) is 25.1 Å². The lowest BCUT2D eigenvalue weighted by molar-refractivity contribution is -0.139. The number of allylic oxidation sites excluding steroid dienone is 1. The number of hydrogen-bond acceptors (Lipinski definition) is 4. The Hall–Kier alpha value is -1.90. The lowest BCUT2D eigenvalue weighted by Crippen LogP contribution is -2.41. The van der Waals surface area contributed by atoms with Crippen molar-refractivity contribution in [2.75, 3.05) is 0 Å². The van der Waals surface area contributed by atoms with Crippen LogP contribution in [0.2, 0.25) is 0 Å². The second-order valence-corrected chi connectivity index (χ2v) is 4.61. The molecule has 2 N–H and O–H groups in total. The number of nitrogens with one attached hydrogen (secondary N) is 1. The van der Waals surface area contributed by atoms with Crippen LogP contribution in [-0.2, 0) is 11.0 Å². The average molecular weight is 308 g/mol. The molecule has 0 aliphatic heterocycles. The lowest BCUT2D eigenvalue weighted by atomic mass is 10.1. The van der Waals surface area contributed by atoms with Crippen LogP contribution in [0, 0.1) is 0 Å². The van der Waals surface area contributed by atoms with E-state index in [1.165, 1.54) is 6.08 Å². The van der Waals surface area contributed by atoms with Gasteiger partial charge in [0.2, 0.25) is 0 Å². The summed E-state index contributed by atoms with van der Waals surface area (Å²) in [5, 5.41) is 10.9. The maximum absolute atomic E-state index is 12.6. The Morgan fingerprint density at radius 3 is 2.70 bits per heavy atom. The number of rotatable bonds is 6. The van der Waals surface area contributed by atoms with Gasteiger partial charge in [0.1, 0.15) is 10.9 Å². The minimum absolute atomic E-state index is 0.0378. The summed E-state index contributed by atoms with van der Waals surface area (Å²) in [4.78, 5) is 24.8. The van der Waals surface area contributed by atoms with Crippen LogP contribution in [0.15, 0.2) is 18.2 Å². The van der Waals surface area contributed by atoms with Crippen LogP contribution >= 0.6 is 11.3 Å². The summed E-state index contributed by atoms with van der Waals surface area (Å²) < 4.78 is 37.8. The summed E-state index contributed by atoms with van der Waals surface area (Å²) in [6.07, 6.45) is -2.91. The van der Waals surface area contributed by atoms with Crippen molar-refractivity contribution in [3.05, 3.63) is 28.7 Å². The number of carbonyl (C=O) groups is 2. The number of thiazole rings is 1. The number of aliphatic carboxylic acids is 1. The van der Waals surface area contributed by atoms with Crippen LogP contribution < -0.4 is 5.32 Å². The topological polar surface area (TPSA) is 79.3 Å². The quantitative estimate of drug-likeness (QED) is 0.790. The summed E-state index contributed by atoms with van der Waals surface area (Å²) in [5.41, 5.74) is 0.0735. The Kier molecular flexibility index (Phi) is 5.26. The molecular formula is C11H11F3N2O3S. The molecule has 0 saturated carbocycles. The number of nitrogens with zero attached hydrogens (tertiary/aromatic N) is 1. The molecule has 0 radical (unpaired) electrons. The van der Waals surface area contributed by atoms with Gasteiger partial charge in [0, 0.05) is 0 Å². The van der Waals surface area contributed by atoms with E-state index in [2.05, 4.69) is 11.6 Å². The third-order valence-electron chi connectivity index (χ3n) is 2.30. The minimum atomic E-state index is -4.70. The van der Waals surface area contributed by atoms with Crippen molar-refractivity contribution in [1.82, 2.24) is 10.3 Å². The molecule has 0 saturated heterocycles. The molecule has 0 fully saturated rings. The van der Waals surface area contributed by atoms with E-state index in [9.17, 15) is 22.8 Å². The molecule has 1 rings (SSSR count). The first-order valence-electron chi connectivity index (χ1n) is 5.42. The molecule has 0 aliphatic carbocycles. The van der Waals surface area contributed by atoms with Crippen molar-refractivity contribution in [2.24, 2.45) is 0 Å². The number of amides is 1. The highest BCUT2D eigenvalue weighted by atomic mass is 32.1. The van der Waals surface area contributed by atoms with Gasteiger partial charge < -0.3 is 10.4 Å². The number of alkyl halides is 3. The second kappa shape index (κ2) is 6.51. The van der Waals surface area contributed by atoms with Gasteiger partial charge in [-0.2, -0.15) is 13.2 Å². The number of aromatic nitrogens is 1. The molecule has 1 aromatic rings. The number of carboxylic acids is 1. The first kappa shape index (κ1) is 16.2. The zero-order chi connectivity index (χ0) is 15.3. The van der Waals surface area contributed by atoms with Crippen LogP contribution in [0.5, 0.6) is 0 Å². The van der Waals surface area contributed by atoms with E-state index in [4.69, 9.17) is 5.11 Å². The molecule has 0 aliphatic rings. The predicted molar refractivity (Wildman–Crippen MR) is 65.4 cm³/mol. The standard InChI is InChI=1S/C11H11F3N2O3S/c1-2-3-4-6(10(18)19)16-9(17)7-8(11(12,13)14)20-5-15-7/h2,5-6H,1,3-4H2,(H,16,17)(H,18,19). The predicted octanol–water partition coefficient (Wildman–Crippen LogP) is 2.31. The Balaban J connectivity index is 2.87. The van der Waals surface area contributed by atoms with Crippen LogP contribution in [0.25, 0.3) is 0 Å². The summed E-state index contributed by atoms with van der Waals surface area (Å²) in [6.45, 7) is 3.40. The zero-order valence-corrected chi connectivity index (χ0v) is 10.9. The van der Waals surface area contributed by atoms with Crippen LogP contribution in [0.1, 0.15) is 28.2 Å². The molecule has 9 heteroatoms. The largest absolute Gasteiger partial charge is 0.480 e. The smallest absolute Gasteiger partial charge is 0.427 e. The number of carbonyl (C=O) groups excluding carboxylic acids is 1. The lowest BCUT2D eigenvalue weighted by Gasteiger charge is -2.13. The molecule has 5 nitrogen and oxygen atoms in total. The first-order chi connectivity index (χ1) is 9.27. The molecule has 1 amide bonds. The van der Waals surface area contributed by atoms with E-state index in [0.717, 1.165) is 5.51 Å². The highest BCUT2D eigenvalue weighted by Gasteiger charge is 2.38. The minimum Gasteiger partial charge on any atom is -0.480 e. The van der Waals surface area contributed by atoms with Gasteiger partial charge >= 0.3 is 12.1 Å². The maximum atomic E-state index is 12.6. The molecule has 1 atom stereocenters. The van der Waals surface area contributed by atoms with Gasteiger partial charge in [-0.25, -0.2) is 9.78 Å². The second-order valence-electron chi connectivity index (χ2n) is 3.76. The average Bonchev–Trinajstić information content (AvgIpc) is 2.82. The summed E-state index contributed by atoms with van der Waals surface area (Å²) >= 11 is 0.278. The number of carboxylic acid groups (broad SMARTS) is 1. The molecular weight excluding hydrogens is 297 g/mol. The van der Waals surface area contributed by atoms with E-state index in [1.54, 1.807) is 0 Å². The molecule has 0 aromatic carbocycles. The van der Waals surface area contributed by atoms with Crippen LogP contribution in [0.4, 0.5) is 13.2 Å². The Morgan fingerprint density at radius 1 is 1.55 bits per heavy atom. The van der Waals surface area contributed by atoms with Gasteiger partial charge in [-0.15, -0.1) is 17.9 Å².